The minimum atomic E-state index is -0.454. The minimum absolute atomic E-state index is 0.175. The summed E-state index contributed by atoms with van der Waals surface area (Å²) in [6.45, 7) is 10.3. The van der Waals surface area contributed by atoms with Crippen molar-refractivity contribution >= 4 is 18.3 Å². The van der Waals surface area contributed by atoms with Gasteiger partial charge >= 0.3 is 6.09 Å². The quantitative estimate of drug-likeness (QED) is 0.476. The van der Waals surface area contributed by atoms with Crippen LogP contribution in [0.25, 0.3) is 0 Å². The van der Waals surface area contributed by atoms with Gasteiger partial charge in [-0.1, -0.05) is 6.92 Å². The highest BCUT2D eigenvalue weighted by molar-refractivity contribution is 7.92. The van der Waals surface area contributed by atoms with Crippen LogP contribution in [0.1, 0.15) is 34.6 Å². The van der Waals surface area contributed by atoms with E-state index in [-0.39, 0.29) is 12.2 Å². The topological polar surface area (TPSA) is 38.8 Å². The standard InChI is InChI=1S/C10H19NO3S/c1-7-6-11(15-14-8(7)2)9(12)13-10(3,4)5/h7-8H,6H2,1-5H3/t7-,8-/m0/s1. The maximum absolute atomic E-state index is 11.7. The number of hydrogen-bond donors (Lipinski definition) is 0. The molecule has 1 amide bonds. The molecule has 1 rings (SSSR count). The maximum atomic E-state index is 11.7. The van der Waals surface area contributed by atoms with Crippen molar-refractivity contribution in [1.29, 1.82) is 0 Å². The van der Waals surface area contributed by atoms with Crippen LogP contribution < -0.4 is 0 Å². The Labute approximate surface area is 95.6 Å². The van der Waals surface area contributed by atoms with Gasteiger partial charge in [0.1, 0.15) is 17.8 Å². The van der Waals surface area contributed by atoms with Crippen LogP contribution >= 0.6 is 12.2 Å². The molecule has 0 unspecified atom stereocenters. The summed E-state index contributed by atoms with van der Waals surface area (Å²) >= 11 is 1.08. The number of amides is 1. The van der Waals surface area contributed by atoms with E-state index in [1.807, 2.05) is 27.7 Å². The smallest absolute Gasteiger partial charge is 0.422 e. The Morgan fingerprint density at radius 1 is 1.47 bits per heavy atom. The molecule has 4 nitrogen and oxygen atoms in total. The van der Waals surface area contributed by atoms with Crippen molar-refractivity contribution in [3.63, 3.8) is 0 Å². The van der Waals surface area contributed by atoms with E-state index in [9.17, 15) is 4.79 Å². The van der Waals surface area contributed by atoms with Gasteiger partial charge in [-0.15, -0.1) is 0 Å². The van der Waals surface area contributed by atoms with Crippen LogP contribution in [0.2, 0.25) is 0 Å². The van der Waals surface area contributed by atoms with Gasteiger partial charge < -0.3 is 4.74 Å². The lowest BCUT2D eigenvalue weighted by Crippen LogP contribution is -2.41. The molecule has 0 bridgehead atoms. The van der Waals surface area contributed by atoms with Crippen LogP contribution in [0.3, 0.4) is 0 Å². The van der Waals surface area contributed by atoms with Crippen molar-refractivity contribution in [2.24, 2.45) is 5.92 Å². The molecule has 15 heavy (non-hydrogen) atoms. The predicted molar refractivity (Wildman–Crippen MR) is 60.2 cm³/mol. The SMILES string of the molecule is C[C@@H]1OSN(C(=O)OC(C)(C)C)C[C@@H]1C. The van der Waals surface area contributed by atoms with Crippen molar-refractivity contribution in [3.05, 3.63) is 0 Å². The number of carbonyl (C=O) groups is 1. The van der Waals surface area contributed by atoms with E-state index in [0.29, 0.717) is 12.5 Å². The summed E-state index contributed by atoms with van der Waals surface area (Å²) in [5, 5.41) is 0. The molecule has 0 N–H and O–H groups in total. The van der Waals surface area contributed by atoms with Crippen molar-refractivity contribution in [2.45, 2.75) is 46.3 Å². The van der Waals surface area contributed by atoms with E-state index in [1.165, 1.54) is 4.31 Å². The Kier molecular flexibility index (Phi) is 3.89. The van der Waals surface area contributed by atoms with Gasteiger partial charge in [0.15, 0.2) is 0 Å². The largest absolute Gasteiger partial charge is 0.443 e. The van der Waals surface area contributed by atoms with Gasteiger partial charge in [0.2, 0.25) is 0 Å². The molecule has 88 valence electrons. The summed E-state index contributed by atoms with van der Waals surface area (Å²) in [5.74, 6) is 0.332. The zero-order chi connectivity index (χ0) is 11.6. The molecule has 0 saturated carbocycles. The molecule has 1 saturated heterocycles. The van der Waals surface area contributed by atoms with Gasteiger partial charge in [0.05, 0.1) is 6.10 Å². The molecule has 0 aliphatic carbocycles. The van der Waals surface area contributed by atoms with Crippen LogP contribution in [0.4, 0.5) is 4.79 Å². The van der Waals surface area contributed by atoms with Crippen molar-refractivity contribution in [1.82, 2.24) is 4.31 Å². The first kappa shape index (κ1) is 12.6. The van der Waals surface area contributed by atoms with Crippen LogP contribution in [0, 0.1) is 5.92 Å². The van der Waals surface area contributed by atoms with Crippen molar-refractivity contribution < 1.29 is 13.7 Å². The fourth-order valence-electron chi connectivity index (χ4n) is 1.07. The highest BCUT2D eigenvalue weighted by Crippen LogP contribution is 2.28. The van der Waals surface area contributed by atoms with Crippen LogP contribution in [-0.2, 0) is 8.92 Å². The fraction of sp³-hybridized carbons (Fsp3) is 0.900. The molecule has 0 radical (unpaired) electrons. The molecule has 0 spiro atoms. The Bertz CT molecular complexity index is 239. The third-order valence-corrected chi connectivity index (χ3v) is 3.00. The summed E-state index contributed by atoms with van der Waals surface area (Å²) in [4.78, 5) is 11.7. The van der Waals surface area contributed by atoms with Gasteiger partial charge in [-0.2, -0.15) is 0 Å². The second-order valence-corrected chi connectivity index (χ2v) is 5.68. The normalized spacial score (nSPS) is 27.7. The molecule has 2 atom stereocenters. The molecule has 1 heterocycles. The zero-order valence-corrected chi connectivity index (χ0v) is 10.8. The van der Waals surface area contributed by atoms with E-state index < -0.39 is 5.60 Å². The number of ether oxygens (including phenoxy) is 1. The van der Waals surface area contributed by atoms with Crippen LogP contribution in [0.5, 0.6) is 0 Å². The average Bonchev–Trinajstić information content (AvgIpc) is 2.06. The molecule has 1 aliphatic rings. The Hall–Kier alpha value is -0.420. The monoisotopic (exact) mass is 233 g/mol. The second kappa shape index (κ2) is 4.61. The molecular weight excluding hydrogens is 214 g/mol. The number of rotatable bonds is 0. The van der Waals surface area contributed by atoms with Crippen molar-refractivity contribution in [3.8, 4) is 0 Å². The first-order chi connectivity index (χ1) is 6.79. The Morgan fingerprint density at radius 2 is 2.07 bits per heavy atom. The fourth-order valence-corrected chi connectivity index (χ4v) is 1.90. The van der Waals surface area contributed by atoms with Gasteiger partial charge in [0, 0.05) is 12.5 Å². The molecule has 0 aromatic heterocycles. The third kappa shape index (κ3) is 3.91. The molecule has 1 fully saturated rings. The molecule has 0 aromatic carbocycles. The lowest BCUT2D eigenvalue weighted by molar-refractivity contribution is 0.0296. The second-order valence-electron chi connectivity index (χ2n) is 4.89. The summed E-state index contributed by atoms with van der Waals surface area (Å²) in [6, 6.07) is 0. The lowest BCUT2D eigenvalue weighted by atomic mass is 10.1. The van der Waals surface area contributed by atoms with Gasteiger partial charge in [-0.3, -0.25) is 4.18 Å². The van der Waals surface area contributed by atoms with Crippen molar-refractivity contribution in [2.75, 3.05) is 6.54 Å². The van der Waals surface area contributed by atoms with E-state index in [4.69, 9.17) is 8.92 Å². The van der Waals surface area contributed by atoms with E-state index >= 15 is 0 Å². The average molecular weight is 233 g/mol. The molecular formula is C10H19NO3S. The van der Waals surface area contributed by atoms with E-state index in [2.05, 4.69) is 6.92 Å². The van der Waals surface area contributed by atoms with E-state index in [1.54, 1.807) is 0 Å². The van der Waals surface area contributed by atoms with Gasteiger partial charge in [-0.05, 0) is 27.7 Å². The predicted octanol–water partition coefficient (Wildman–Crippen LogP) is 2.84. The molecule has 1 aliphatic heterocycles. The van der Waals surface area contributed by atoms with Crippen LogP contribution in [-0.4, -0.2) is 28.6 Å². The van der Waals surface area contributed by atoms with Crippen LogP contribution in [0.15, 0.2) is 0 Å². The van der Waals surface area contributed by atoms with E-state index in [0.717, 1.165) is 12.2 Å². The number of nitrogens with zero attached hydrogens (tertiary/aromatic N) is 1. The first-order valence-electron chi connectivity index (χ1n) is 5.13. The third-order valence-electron chi connectivity index (χ3n) is 2.14. The summed E-state index contributed by atoms with van der Waals surface area (Å²) < 4.78 is 12.2. The summed E-state index contributed by atoms with van der Waals surface area (Å²) in [7, 11) is 0. The summed E-state index contributed by atoms with van der Waals surface area (Å²) in [5.41, 5.74) is -0.454. The maximum Gasteiger partial charge on any atom is 0.422 e. The Balaban J connectivity index is 2.48. The lowest BCUT2D eigenvalue weighted by Gasteiger charge is -2.34. The van der Waals surface area contributed by atoms with Gasteiger partial charge in [0.25, 0.3) is 0 Å². The zero-order valence-electron chi connectivity index (χ0n) is 9.94. The molecule has 0 aromatic rings. The highest BCUT2D eigenvalue weighted by atomic mass is 32.2. The van der Waals surface area contributed by atoms with Gasteiger partial charge in [-0.25, -0.2) is 9.10 Å². The molecule has 5 heteroatoms. The minimum Gasteiger partial charge on any atom is -0.443 e. The summed E-state index contributed by atoms with van der Waals surface area (Å²) in [6.07, 6.45) is -0.153. The number of hydrogen-bond acceptors (Lipinski definition) is 4. The number of carbonyl (C=O) groups excluding carboxylic acids is 1. The first-order valence-corrected chi connectivity index (χ1v) is 5.83. The Morgan fingerprint density at radius 3 is 2.53 bits per heavy atom. The highest BCUT2D eigenvalue weighted by Gasteiger charge is 2.31.